The van der Waals surface area contributed by atoms with Crippen LogP contribution in [0.1, 0.15) is 42.8 Å². The summed E-state index contributed by atoms with van der Waals surface area (Å²) in [6.45, 7) is 6.19. The number of nitrogens with zero attached hydrogens (tertiary/aromatic N) is 2. The second-order valence-electron chi connectivity index (χ2n) is 4.89. The quantitative estimate of drug-likeness (QED) is 0.907. The molecule has 0 bridgehead atoms. The SMILES string of the molecule is Cc1cc(Cl)ccc1C(N)c1c(Br)cnn1C(C)C. The van der Waals surface area contributed by atoms with E-state index >= 15 is 0 Å². The summed E-state index contributed by atoms with van der Waals surface area (Å²) in [5, 5.41) is 5.10. The fraction of sp³-hybridized carbons (Fsp3) is 0.357. The standard InChI is InChI=1S/C14H17BrClN3/c1-8(2)19-14(12(15)7-18-19)13(17)11-5-4-10(16)6-9(11)3/h4-8,13H,17H2,1-3H3. The minimum atomic E-state index is -0.225. The van der Waals surface area contributed by atoms with Gasteiger partial charge in [0, 0.05) is 11.1 Å². The van der Waals surface area contributed by atoms with Crippen molar-refractivity contribution in [3.8, 4) is 0 Å². The molecule has 2 rings (SSSR count). The molecule has 19 heavy (non-hydrogen) atoms. The van der Waals surface area contributed by atoms with Crippen LogP contribution in [-0.2, 0) is 0 Å². The molecule has 0 aliphatic rings. The van der Waals surface area contributed by atoms with Gasteiger partial charge in [0.1, 0.15) is 0 Å². The molecule has 0 amide bonds. The Bertz CT molecular complexity index is 592. The zero-order valence-corrected chi connectivity index (χ0v) is 13.5. The Morgan fingerprint density at radius 1 is 1.37 bits per heavy atom. The molecule has 1 aromatic carbocycles. The average molecular weight is 343 g/mol. The van der Waals surface area contributed by atoms with E-state index in [9.17, 15) is 0 Å². The lowest BCUT2D eigenvalue weighted by molar-refractivity contribution is 0.498. The number of aryl methyl sites for hydroxylation is 1. The van der Waals surface area contributed by atoms with Crippen molar-refractivity contribution in [2.45, 2.75) is 32.9 Å². The number of nitrogens with two attached hydrogens (primary N) is 1. The van der Waals surface area contributed by atoms with E-state index in [0.29, 0.717) is 0 Å². The predicted molar refractivity (Wildman–Crippen MR) is 82.5 cm³/mol. The number of hydrogen-bond donors (Lipinski definition) is 1. The van der Waals surface area contributed by atoms with Gasteiger partial charge in [-0.1, -0.05) is 17.7 Å². The van der Waals surface area contributed by atoms with Crippen LogP contribution < -0.4 is 5.73 Å². The Labute approximate surface area is 126 Å². The van der Waals surface area contributed by atoms with Gasteiger partial charge in [-0.15, -0.1) is 0 Å². The summed E-state index contributed by atoms with van der Waals surface area (Å²) in [5.74, 6) is 0. The van der Waals surface area contributed by atoms with Crippen LogP contribution in [0, 0.1) is 6.92 Å². The Morgan fingerprint density at radius 2 is 2.05 bits per heavy atom. The van der Waals surface area contributed by atoms with Crippen LogP contribution in [0.4, 0.5) is 0 Å². The van der Waals surface area contributed by atoms with E-state index in [2.05, 4.69) is 34.9 Å². The number of benzene rings is 1. The fourth-order valence-electron chi connectivity index (χ4n) is 2.19. The summed E-state index contributed by atoms with van der Waals surface area (Å²) >= 11 is 9.52. The first-order valence-electron chi connectivity index (χ1n) is 6.16. The third kappa shape index (κ3) is 2.86. The Kier molecular flexibility index (Phi) is 4.33. The van der Waals surface area contributed by atoms with Gasteiger partial charge in [0.25, 0.3) is 0 Å². The Hall–Kier alpha value is -0.840. The molecule has 1 atom stereocenters. The molecule has 1 unspecified atom stereocenters. The van der Waals surface area contributed by atoms with E-state index in [-0.39, 0.29) is 12.1 Å². The summed E-state index contributed by atoms with van der Waals surface area (Å²) in [6, 6.07) is 5.82. The molecule has 0 spiro atoms. The topological polar surface area (TPSA) is 43.8 Å². The largest absolute Gasteiger partial charge is 0.319 e. The maximum absolute atomic E-state index is 6.42. The van der Waals surface area contributed by atoms with Gasteiger partial charge in [0.15, 0.2) is 0 Å². The third-order valence-corrected chi connectivity index (χ3v) is 3.98. The highest BCUT2D eigenvalue weighted by Gasteiger charge is 2.21. The average Bonchev–Trinajstić information content (AvgIpc) is 2.70. The smallest absolute Gasteiger partial charge is 0.0742 e. The van der Waals surface area contributed by atoms with Crippen molar-refractivity contribution < 1.29 is 0 Å². The molecule has 0 radical (unpaired) electrons. The molecule has 0 aliphatic carbocycles. The predicted octanol–water partition coefficient (Wildman–Crippen LogP) is 4.24. The molecule has 2 N–H and O–H groups in total. The van der Waals surface area contributed by atoms with E-state index < -0.39 is 0 Å². The first-order chi connectivity index (χ1) is 8.91. The van der Waals surface area contributed by atoms with E-state index in [1.165, 1.54) is 0 Å². The number of hydrogen-bond acceptors (Lipinski definition) is 2. The van der Waals surface area contributed by atoms with Gasteiger partial charge in [-0.25, -0.2) is 0 Å². The van der Waals surface area contributed by atoms with Crippen molar-refractivity contribution in [3.05, 3.63) is 50.7 Å². The molecule has 1 heterocycles. The van der Waals surface area contributed by atoms with Gasteiger partial charge in [-0.05, 0) is 60.0 Å². The molecular formula is C14H17BrClN3. The highest BCUT2D eigenvalue weighted by atomic mass is 79.9. The van der Waals surface area contributed by atoms with Gasteiger partial charge in [-0.2, -0.15) is 5.10 Å². The molecule has 102 valence electrons. The second kappa shape index (κ2) is 5.65. The summed E-state index contributed by atoms with van der Waals surface area (Å²) in [7, 11) is 0. The van der Waals surface area contributed by atoms with Crippen LogP contribution in [0.15, 0.2) is 28.9 Å². The summed E-state index contributed by atoms with van der Waals surface area (Å²) < 4.78 is 2.88. The molecule has 0 saturated carbocycles. The van der Waals surface area contributed by atoms with Crippen molar-refractivity contribution in [3.63, 3.8) is 0 Å². The minimum absolute atomic E-state index is 0.225. The normalized spacial score (nSPS) is 13.0. The molecular weight excluding hydrogens is 326 g/mol. The van der Waals surface area contributed by atoms with Crippen LogP contribution in [0.3, 0.4) is 0 Å². The maximum atomic E-state index is 6.42. The Morgan fingerprint density at radius 3 is 2.63 bits per heavy atom. The zero-order valence-electron chi connectivity index (χ0n) is 11.2. The number of halogens is 2. The van der Waals surface area contributed by atoms with Crippen molar-refractivity contribution >= 4 is 27.5 Å². The summed E-state index contributed by atoms with van der Waals surface area (Å²) in [5.41, 5.74) is 9.55. The molecule has 0 fully saturated rings. The van der Waals surface area contributed by atoms with Gasteiger partial charge >= 0.3 is 0 Å². The highest BCUT2D eigenvalue weighted by molar-refractivity contribution is 9.10. The van der Waals surface area contributed by atoms with Crippen molar-refractivity contribution in [1.82, 2.24) is 9.78 Å². The number of rotatable bonds is 3. The first kappa shape index (κ1) is 14.6. The van der Waals surface area contributed by atoms with Crippen molar-refractivity contribution in [2.24, 2.45) is 5.73 Å². The van der Waals surface area contributed by atoms with Gasteiger partial charge in [-0.3, -0.25) is 4.68 Å². The van der Waals surface area contributed by atoms with Crippen molar-refractivity contribution in [1.29, 1.82) is 0 Å². The van der Waals surface area contributed by atoms with E-state index in [1.807, 2.05) is 29.8 Å². The van der Waals surface area contributed by atoms with Crippen LogP contribution in [0.25, 0.3) is 0 Å². The minimum Gasteiger partial charge on any atom is -0.319 e. The van der Waals surface area contributed by atoms with Crippen LogP contribution in [0.5, 0.6) is 0 Å². The van der Waals surface area contributed by atoms with E-state index in [4.69, 9.17) is 17.3 Å². The van der Waals surface area contributed by atoms with E-state index in [0.717, 1.165) is 26.3 Å². The molecule has 2 aromatic rings. The molecule has 5 heteroatoms. The van der Waals surface area contributed by atoms with Crippen molar-refractivity contribution in [2.75, 3.05) is 0 Å². The number of aromatic nitrogens is 2. The molecule has 3 nitrogen and oxygen atoms in total. The first-order valence-corrected chi connectivity index (χ1v) is 7.33. The third-order valence-electron chi connectivity index (χ3n) is 3.14. The zero-order chi connectivity index (χ0) is 14.2. The van der Waals surface area contributed by atoms with Crippen LogP contribution in [0.2, 0.25) is 5.02 Å². The van der Waals surface area contributed by atoms with Gasteiger partial charge in [0.2, 0.25) is 0 Å². The summed E-state index contributed by atoms with van der Waals surface area (Å²) in [4.78, 5) is 0. The molecule has 0 aliphatic heterocycles. The fourth-order valence-corrected chi connectivity index (χ4v) is 2.94. The lowest BCUT2D eigenvalue weighted by Gasteiger charge is -2.19. The van der Waals surface area contributed by atoms with Gasteiger partial charge in [0.05, 0.1) is 22.4 Å². The Balaban J connectivity index is 2.49. The molecule has 0 saturated heterocycles. The lowest BCUT2D eigenvalue weighted by atomic mass is 9.99. The van der Waals surface area contributed by atoms with E-state index in [1.54, 1.807) is 6.20 Å². The second-order valence-corrected chi connectivity index (χ2v) is 6.19. The lowest BCUT2D eigenvalue weighted by Crippen LogP contribution is -2.20. The maximum Gasteiger partial charge on any atom is 0.0742 e. The highest BCUT2D eigenvalue weighted by Crippen LogP contribution is 2.31. The molecule has 1 aromatic heterocycles. The monoisotopic (exact) mass is 341 g/mol. The summed E-state index contributed by atoms with van der Waals surface area (Å²) in [6.07, 6.45) is 1.79. The van der Waals surface area contributed by atoms with Crippen LogP contribution in [-0.4, -0.2) is 9.78 Å². The van der Waals surface area contributed by atoms with Crippen LogP contribution >= 0.6 is 27.5 Å². The van der Waals surface area contributed by atoms with Gasteiger partial charge < -0.3 is 5.73 Å².